The molecule has 3 aliphatic rings. The van der Waals surface area contributed by atoms with Crippen molar-refractivity contribution in [1.29, 1.82) is 0 Å². The van der Waals surface area contributed by atoms with Crippen molar-refractivity contribution in [2.24, 2.45) is 5.92 Å². The molecule has 2 heterocycles. The Morgan fingerprint density at radius 3 is 2.55 bits per heavy atom. The topological polar surface area (TPSA) is 37.4 Å². The van der Waals surface area contributed by atoms with Crippen LogP contribution in [0.25, 0.3) is 0 Å². The number of hydrogen-bond acceptors (Lipinski definition) is 2. The molecule has 2 fully saturated rings. The van der Waals surface area contributed by atoms with Gasteiger partial charge in [-0.2, -0.15) is 4.31 Å². The second kappa shape index (κ2) is 1.54. The summed E-state index contributed by atoms with van der Waals surface area (Å²) in [6, 6.07) is 0.235. The van der Waals surface area contributed by atoms with Crippen LogP contribution in [0.2, 0.25) is 0 Å². The molecule has 0 amide bonds. The van der Waals surface area contributed by atoms with Crippen molar-refractivity contribution in [3.8, 4) is 0 Å². The smallest absolute Gasteiger partial charge is 0.212 e. The molecule has 0 spiro atoms. The van der Waals surface area contributed by atoms with Crippen LogP contribution in [-0.4, -0.2) is 30.6 Å². The highest BCUT2D eigenvalue weighted by Gasteiger charge is 2.58. The lowest BCUT2D eigenvalue weighted by molar-refractivity contribution is 0.285. The highest BCUT2D eigenvalue weighted by Crippen LogP contribution is 2.46. The molecule has 3 nitrogen and oxygen atoms in total. The van der Waals surface area contributed by atoms with Gasteiger partial charge in [0.2, 0.25) is 10.0 Å². The predicted octanol–water partition coefficient (Wildman–Crippen LogP) is -0.0413. The molecule has 3 rings (SSSR count). The summed E-state index contributed by atoms with van der Waals surface area (Å²) in [5.74, 6) is 0.328. The summed E-state index contributed by atoms with van der Waals surface area (Å²) in [4.78, 5) is 0. The molecule has 2 bridgehead atoms. The third-order valence-corrected chi connectivity index (χ3v) is 5.43. The number of rotatable bonds is 0. The van der Waals surface area contributed by atoms with Crippen LogP contribution in [0.3, 0.4) is 0 Å². The van der Waals surface area contributed by atoms with Gasteiger partial charge in [0.05, 0.1) is 11.3 Å². The average molecular weight is 171 g/mol. The van der Waals surface area contributed by atoms with E-state index in [1.165, 1.54) is 0 Å². The summed E-state index contributed by atoms with van der Waals surface area (Å²) in [7, 11) is -2.86. The second-order valence-corrected chi connectivity index (χ2v) is 5.54. The van der Waals surface area contributed by atoms with E-state index in [4.69, 9.17) is 0 Å². The van der Waals surface area contributed by atoms with Gasteiger partial charge >= 0.3 is 0 Å². The minimum absolute atomic E-state index is 0.0718. The van der Waals surface area contributed by atoms with E-state index in [0.29, 0.717) is 5.92 Å². The van der Waals surface area contributed by atoms with Gasteiger partial charge in [0.25, 0.3) is 0 Å². The van der Waals surface area contributed by atoms with Gasteiger partial charge in [0.1, 0.15) is 0 Å². The van der Waals surface area contributed by atoms with E-state index in [2.05, 4.69) is 0 Å². The van der Waals surface area contributed by atoms with Crippen LogP contribution in [0.5, 0.6) is 0 Å². The van der Waals surface area contributed by atoms with Gasteiger partial charge in [0.15, 0.2) is 0 Å². The molecule has 0 aromatic carbocycles. The fourth-order valence-electron chi connectivity index (χ4n) is 2.38. The summed E-state index contributed by atoms with van der Waals surface area (Å²) >= 11 is 0. The molecule has 1 unspecified atom stereocenters. The standard InChI is InChI=1S/C7H9NO2S/c9-11(10)7-3-4-8(11)6-2-1-5(6)7/h1-2,5-7H,3-4H2/t5-,6+,7-/m1/s1. The lowest BCUT2D eigenvalue weighted by Gasteiger charge is -2.31. The molecule has 60 valence electrons. The van der Waals surface area contributed by atoms with Crippen molar-refractivity contribution in [2.45, 2.75) is 17.7 Å². The lowest BCUT2D eigenvalue weighted by atomic mass is 9.82. The van der Waals surface area contributed by atoms with Crippen molar-refractivity contribution in [1.82, 2.24) is 4.31 Å². The van der Waals surface area contributed by atoms with Gasteiger partial charge < -0.3 is 0 Å². The molecule has 11 heavy (non-hydrogen) atoms. The summed E-state index contributed by atoms with van der Waals surface area (Å²) in [5, 5.41) is -0.0718. The number of sulfonamides is 1. The molecule has 4 heteroatoms. The van der Waals surface area contributed by atoms with E-state index in [-0.39, 0.29) is 11.3 Å². The third-order valence-electron chi connectivity index (χ3n) is 3.03. The zero-order valence-corrected chi connectivity index (χ0v) is 6.79. The number of nitrogens with zero attached hydrogens (tertiary/aromatic N) is 1. The van der Waals surface area contributed by atoms with Crippen molar-refractivity contribution in [3.05, 3.63) is 12.2 Å². The first-order chi connectivity index (χ1) is 5.21. The van der Waals surface area contributed by atoms with E-state index in [9.17, 15) is 8.42 Å². The summed E-state index contributed by atoms with van der Waals surface area (Å²) in [5.41, 5.74) is 0. The first-order valence-electron chi connectivity index (χ1n) is 3.90. The van der Waals surface area contributed by atoms with Crippen LogP contribution in [-0.2, 0) is 10.0 Å². The van der Waals surface area contributed by atoms with E-state index in [1.54, 1.807) is 4.31 Å². The molecular formula is C7H9NO2S. The normalized spacial score (nSPS) is 55.6. The Labute approximate surface area is 65.7 Å². The Balaban J connectivity index is 2.20. The van der Waals surface area contributed by atoms with Crippen LogP contribution in [0.15, 0.2) is 12.2 Å². The molecule has 0 radical (unpaired) electrons. The maximum absolute atomic E-state index is 11.5. The Bertz CT molecular complexity index is 306. The molecule has 4 atom stereocenters. The molecule has 0 saturated carbocycles. The first-order valence-corrected chi connectivity index (χ1v) is 5.40. The molecule has 0 aromatic rings. The SMILES string of the molecule is O=S1(=O)[C@@H]2CCN1[C@H]1C=C[C@@H]21. The lowest BCUT2D eigenvalue weighted by Crippen LogP contribution is -2.39. The molecule has 2 saturated heterocycles. The van der Waals surface area contributed by atoms with Crippen molar-refractivity contribution >= 4 is 10.0 Å². The average Bonchev–Trinajstić information content (AvgIpc) is 2.17. The Morgan fingerprint density at radius 1 is 1.36 bits per heavy atom. The van der Waals surface area contributed by atoms with Crippen LogP contribution in [0, 0.1) is 5.92 Å². The maximum atomic E-state index is 11.5. The van der Waals surface area contributed by atoms with Gasteiger partial charge in [-0.3, -0.25) is 0 Å². The van der Waals surface area contributed by atoms with E-state index in [1.807, 2.05) is 12.2 Å². The molecule has 0 aromatic heterocycles. The predicted molar refractivity (Wildman–Crippen MR) is 40.4 cm³/mol. The maximum Gasteiger partial charge on any atom is 0.218 e. The van der Waals surface area contributed by atoms with Gasteiger partial charge in [-0.25, -0.2) is 8.42 Å². The van der Waals surface area contributed by atoms with E-state index < -0.39 is 10.0 Å². The van der Waals surface area contributed by atoms with Gasteiger partial charge in [-0.05, 0) is 6.42 Å². The Morgan fingerprint density at radius 2 is 2.18 bits per heavy atom. The largest absolute Gasteiger partial charge is 0.218 e. The second-order valence-electron chi connectivity index (χ2n) is 3.44. The van der Waals surface area contributed by atoms with Crippen LogP contribution in [0.1, 0.15) is 6.42 Å². The highest BCUT2D eigenvalue weighted by molar-refractivity contribution is 7.90. The molecule has 2 aliphatic heterocycles. The zero-order valence-electron chi connectivity index (χ0n) is 5.97. The van der Waals surface area contributed by atoms with Gasteiger partial charge in [0, 0.05) is 12.5 Å². The monoisotopic (exact) mass is 171 g/mol. The van der Waals surface area contributed by atoms with Crippen molar-refractivity contribution in [2.75, 3.05) is 6.54 Å². The van der Waals surface area contributed by atoms with Crippen molar-refractivity contribution < 1.29 is 8.42 Å². The number of hydrogen-bond donors (Lipinski definition) is 0. The van der Waals surface area contributed by atoms with Crippen molar-refractivity contribution in [3.63, 3.8) is 0 Å². The van der Waals surface area contributed by atoms with E-state index >= 15 is 0 Å². The Hall–Kier alpha value is -0.350. The van der Waals surface area contributed by atoms with Crippen LogP contribution >= 0.6 is 0 Å². The zero-order chi connectivity index (χ0) is 7.64. The first kappa shape index (κ1) is 6.20. The summed E-state index contributed by atoms with van der Waals surface area (Å²) < 4.78 is 24.7. The summed E-state index contributed by atoms with van der Waals surface area (Å²) in [6.45, 7) is 0.749. The van der Waals surface area contributed by atoms with Crippen LogP contribution < -0.4 is 0 Å². The summed E-state index contributed by atoms with van der Waals surface area (Å²) in [6.07, 6.45) is 4.88. The Kier molecular flexibility index (Phi) is 0.868. The fourth-order valence-corrected chi connectivity index (χ4v) is 4.69. The van der Waals surface area contributed by atoms with Crippen LogP contribution in [0.4, 0.5) is 0 Å². The minimum Gasteiger partial charge on any atom is -0.212 e. The van der Waals surface area contributed by atoms with Gasteiger partial charge in [-0.15, -0.1) is 0 Å². The third kappa shape index (κ3) is 0.499. The van der Waals surface area contributed by atoms with E-state index in [0.717, 1.165) is 13.0 Å². The van der Waals surface area contributed by atoms with Gasteiger partial charge in [-0.1, -0.05) is 12.2 Å². The highest BCUT2D eigenvalue weighted by atomic mass is 32.2. The minimum atomic E-state index is -2.86. The quantitative estimate of drug-likeness (QED) is 0.479. The molecule has 1 aliphatic carbocycles. The number of piperidine rings is 1. The number of fused-ring (bicyclic) bond motifs is 5. The molecular weight excluding hydrogens is 162 g/mol. The fraction of sp³-hybridized carbons (Fsp3) is 0.714. The molecule has 0 N–H and O–H groups in total.